The van der Waals surface area contributed by atoms with Crippen molar-refractivity contribution in [1.82, 2.24) is 4.90 Å². The fraction of sp³-hybridized carbons (Fsp3) is 0.647. The van der Waals surface area contributed by atoms with Crippen molar-refractivity contribution in [2.45, 2.75) is 58.5 Å². The van der Waals surface area contributed by atoms with Gasteiger partial charge in [0.15, 0.2) is 0 Å². The van der Waals surface area contributed by atoms with E-state index in [2.05, 4.69) is 32.6 Å². The maximum atomic E-state index is 6.63. The zero-order valence-corrected chi connectivity index (χ0v) is 15.1. The van der Waals surface area contributed by atoms with Crippen molar-refractivity contribution in [3.8, 4) is 0 Å². The lowest BCUT2D eigenvalue weighted by molar-refractivity contribution is 0.0628. The molecule has 1 aromatic carbocycles. The Morgan fingerprint density at radius 3 is 2.10 bits per heavy atom. The third-order valence-corrected chi connectivity index (χ3v) is 5.35. The molecule has 21 heavy (non-hydrogen) atoms. The van der Waals surface area contributed by atoms with Gasteiger partial charge >= 0.3 is 0 Å². The number of rotatable bonds is 8. The van der Waals surface area contributed by atoms with E-state index >= 15 is 0 Å². The summed E-state index contributed by atoms with van der Waals surface area (Å²) in [6.07, 6.45) is 2.85. The van der Waals surface area contributed by atoms with Crippen LogP contribution >= 0.6 is 23.2 Å². The Hall–Kier alpha value is -0.280. The normalized spacial score (nSPS) is 13.7. The predicted molar refractivity (Wildman–Crippen MR) is 94.4 cm³/mol. The minimum absolute atomic E-state index is 0.0203. The lowest BCUT2D eigenvalue weighted by Crippen LogP contribution is -2.60. The highest BCUT2D eigenvalue weighted by molar-refractivity contribution is 6.35. The summed E-state index contributed by atoms with van der Waals surface area (Å²) in [6.45, 7) is 10.9. The first-order valence-electron chi connectivity index (χ1n) is 7.89. The Morgan fingerprint density at radius 1 is 1.10 bits per heavy atom. The molecule has 0 aromatic heterocycles. The molecule has 0 aliphatic rings. The van der Waals surface area contributed by atoms with Crippen LogP contribution in [0.3, 0.4) is 0 Å². The van der Waals surface area contributed by atoms with Crippen molar-refractivity contribution in [2.24, 2.45) is 5.73 Å². The standard InChI is InChI=1S/C17H28Cl2N2/c1-5-17(6-2,21(7-3)8-4)16(20)11-13-9-10-14(18)12-15(13)19/h9-10,12,16H,5-8,11,20H2,1-4H3. The van der Waals surface area contributed by atoms with E-state index in [1.165, 1.54) is 0 Å². The molecule has 0 spiro atoms. The van der Waals surface area contributed by atoms with Crippen molar-refractivity contribution in [3.63, 3.8) is 0 Å². The molecule has 4 heteroatoms. The van der Waals surface area contributed by atoms with Crippen LogP contribution in [0.15, 0.2) is 18.2 Å². The largest absolute Gasteiger partial charge is 0.326 e. The Labute approximate surface area is 139 Å². The summed E-state index contributed by atoms with van der Waals surface area (Å²) in [6, 6.07) is 5.71. The first kappa shape index (κ1) is 18.8. The molecule has 0 aliphatic heterocycles. The number of benzene rings is 1. The third kappa shape index (κ3) is 4.13. The molecule has 0 heterocycles. The number of likely N-dealkylation sites (N-methyl/N-ethyl adjacent to an activating group) is 1. The van der Waals surface area contributed by atoms with Gasteiger partial charge in [0, 0.05) is 21.6 Å². The molecular weight excluding hydrogens is 303 g/mol. The van der Waals surface area contributed by atoms with Crippen molar-refractivity contribution < 1.29 is 0 Å². The molecule has 0 bridgehead atoms. The van der Waals surface area contributed by atoms with Crippen molar-refractivity contribution >= 4 is 23.2 Å². The number of nitrogens with two attached hydrogens (primary N) is 1. The van der Waals surface area contributed by atoms with Crippen LogP contribution in [-0.4, -0.2) is 29.6 Å². The Bertz CT molecular complexity index is 440. The van der Waals surface area contributed by atoms with Gasteiger partial charge in [-0.15, -0.1) is 0 Å². The molecular formula is C17H28Cl2N2. The smallest absolute Gasteiger partial charge is 0.0453 e. The summed E-state index contributed by atoms with van der Waals surface area (Å²) in [7, 11) is 0. The summed E-state index contributed by atoms with van der Waals surface area (Å²) in [4.78, 5) is 2.49. The van der Waals surface area contributed by atoms with Crippen molar-refractivity contribution in [1.29, 1.82) is 0 Å². The van der Waals surface area contributed by atoms with E-state index in [0.29, 0.717) is 10.0 Å². The van der Waals surface area contributed by atoms with Crippen molar-refractivity contribution in [2.75, 3.05) is 13.1 Å². The molecule has 0 radical (unpaired) electrons. The van der Waals surface area contributed by atoms with Gasteiger partial charge in [0.1, 0.15) is 0 Å². The highest BCUT2D eigenvalue weighted by atomic mass is 35.5. The van der Waals surface area contributed by atoms with E-state index in [1.807, 2.05) is 12.1 Å². The van der Waals surface area contributed by atoms with Crippen LogP contribution in [0.5, 0.6) is 0 Å². The average molecular weight is 331 g/mol. The van der Waals surface area contributed by atoms with E-state index in [9.17, 15) is 0 Å². The van der Waals surface area contributed by atoms with Crippen LogP contribution in [0, 0.1) is 0 Å². The van der Waals surface area contributed by atoms with Gasteiger partial charge in [-0.2, -0.15) is 0 Å². The molecule has 2 nitrogen and oxygen atoms in total. The molecule has 0 aliphatic carbocycles. The van der Waals surface area contributed by atoms with Gasteiger partial charge in [-0.1, -0.05) is 57.0 Å². The summed E-state index contributed by atoms with van der Waals surface area (Å²) in [5.74, 6) is 0. The van der Waals surface area contributed by atoms with Crippen LogP contribution in [0.4, 0.5) is 0 Å². The molecule has 0 saturated carbocycles. The maximum Gasteiger partial charge on any atom is 0.0453 e. The first-order valence-corrected chi connectivity index (χ1v) is 8.65. The Kier molecular flexibility index (Phi) is 7.49. The lowest BCUT2D eigenvalue weighted by atomic mass is 9.80. The van der Waals surface area contributed by atoms with Crippen LogP contribution in [0.2, 0.25) is 10.0 Å². The van der Waals surface area contributed by atoms with Crippen LogP contribution in [0.25, 0.3) is 0 Å². The zero-order chi connectivity index (χ0) is 16.0. The lowest BCUT2D eigenvalue weighted by Gasteiger charge is -2.46. The van der Waals surface area contributed by atoms with Gasteiger partial charge in [-0.3, -0.25) is 4.90 Å². The number of hydrogen-bond acceptors (Lipinski definition) is 2. The zero-order valence-electron chi connectivity index (χ0n) is 13.6. The second-order valence-electron chi connectivity index (χ2n) is 5.53. The number of nitrogens with zero attached hydrogens (tertiary/aromatic N) is 1. The fourth-order valence-electron chi connectivity index (χ4n) is 3.42. The molecule has 1 aromatic rings. The highest BCUT2D eigenvalue weighted by Gasteiger charge is 2.37. The fourth-order valence-corrected chi connectivity index (χ4v) is 3.91. The monoisotopic (exact) mass is 330 g/mol. The summed E-state index contributed by atoms with van der Waals surface area (Å²) >= 11 is 12.3. The van der Waals surface area contributed by atoms with E-state index in [1.54, 1.807) is 6.07 Å². The molecule has 1 rings (SSSR count). The van der Waals surface area contributed by atoms with Gasteiger partial charge in [0.2, 0.25) is 0 Å². The average Bonchev–Trinajstić information content (AvgIpc) is 2.47. The molecule has 0 amide bonds. The second-order valence-corrected chi connectivity index (χ2v) is 6.37. The van der Waals surface area contributed by atoms with E-state index < -0.39 is 0 Å². The first-order chi connectivity index (χ1) is 9.94. The van der Waals surface area contributed by atoms with Gasteiger partial charge in [-0.05, 0) is 50.0 Å². The Morgan fingerprint density at radius 2 is 1.67 bits per heavy atom. The molecule has 120 valence electrons. The van der Waals surface area contributed by atoms with E-state index in [4.69, 9.17) is 28.9 Å². The SMILES string of the molecule is CCN(CC)C(CC)(CC)C(N)Cc1ccc(Cl)cc1Cl. The van der Waals surface area contributed by atoms with Crippen molar-refractivity contribution in [3.05, 3.63) is 33.8 Å². The minimum Gasteiger partial charge on any atom is -0.326 e. The maximum absolute atomic E-state index is 6.63. The molecule has 0 fully saturated rings. The Balaban J connectivity index is 3.03. The summed E-state index contributed by atoms with van der Waals surface area (Å²) in [5.41, 5.74) is 7.73. The third-order valence-electron chi connectivity index (χ3n) is 4.76. The van der Waals surface area contributed by atoms with Gasteiger partial charge in [0.25, 0.3) is 0 Å². The predicted octanol–water partition coefficient (Wildman–Crippen LogP) is 4.76. The molecule has 0 saturated heterocycles. The minimum atomic E-state index is 0.0203. The van der Waals surface area contributed by atoms with Gasteiger partial charge in [0.05, 0.1) is 0 Å². The quantitative estimate of drug-likeness (QED) is 0.744. The summed E-state index contributed by atoms with van der Waals surface area (Å²) in [5, 5.41) is 1.37. The highest BCUT2D eigenvalue weighted by Crippen LogP contribution is 2.31. The van der Waals surface area contributed by atoms with E-state index in [0.717, 1.165) is 37.9 Å². The van der Waals surface area contributed by atoms with Gasteiger partial charge < -0.3 is 5.73 Å². The van der Waals surface area contributed by atoms with Crippen LogP contribution in [-0.2, 0) is 6.42 Å². The molecule has 1 atom stereocenters. The number of halogens is 2. The molecule has 1 unspecified atom stereocenters. The van der Waals surface area contributed by atoms with Crippen LogP contribution < -0.4 is 5.73 Å². The second kappa shape index (κ2) is 8.38. The van der Waals surface area contributed by atoms with Gasteiger partial charge in [-0.25, -0.2) is 0 Å². The van der Waals surface area contributed by atoms with E-state index in [-0.39, 0.29) is 11.6 Å². The summed E-state index contributed by atoms with van der Waals surface area (Å²) < 4.78 is 0. The topological polar surface area (TPSA) is 29.3 Å². The number of hydrogen-bond donors (Lipinski definition) is 1. The molecule has 2 N–H and O–H groups in total. The van der Waals surface area contributed by atoms with Crippen LogP contribution in [0.1, 0.15) is 46.1 Å².